The maximum atomic E-state index is 12.3. The van der Waals surface area contributed by atoms with E-state index in [4.69, 9.17) is 4.74 Å². The van der Waals surface area contributed by atoms with Crippen LogP contribution in [0.15, 0.2) is 24.5 Å². The fourth-order valence-corrected chi connectivity index (χ4v) is 2.88. The van der Waals surface area contributed by atoms with Crippen LogP contribution in [0.5, 0.6) is 0 Å². The van der Waals surface area contributed by atoms with Crippen LogP contribution in [0, 0.1) is 0 Å². The third kappa shape index (κ3) is 3.16. The molecule has 0 N–H and O–H groups in total. The number of aromatic nitrogens is 1. The minimum Gasteiger partial charge on any atom is -0.377 e. The lowest BCUT2D eigenvalue weighted by atomic mass is 10.2. The predicted octanol–water partition coefficient (Wildman–Crippen LogP) is 1.02. The smallest absolute Gasteiger partial charge is 0.255 e. The fraction of sp³-hybridized carbons (Fsp3) is 0.600. The number of piperazine rings is 1. The van der Waals surface area contributed by atoms with Crippen molar-refractivity contribution in [3.63, 3.8) is 0 Å². The van der Waals surface area contributed by atoms with Gasteiger partial charge in [0, 0.05) is 51.7 Å². The number of amides is 1. The summed E-state index contributed by atoms with van der Waals surface area (Å²) in [6.45, 7) is 5.37. The summed E-state index contributed by atoms with van der Waals surface area (Å²) in [5.41, 5.74) is 0.681. The molecule has 0 aromatic carbocycles. The number of carbonyl (C=O) groups is 1. The Morgan fingerprint density at radius 3 is 2.85 bits per heavy atom. The average Bonchev–Trinajstić information content (AvgIpc) is 3.01. The molecule has 3 rings (SSSR count). The standard InChI is InChI=1S/C15H21N3O2/c19-15(13-3-1-5-16-11-13)18-8-6-17(7-9-18)12-14-4-2-10-20-14/h1,3,5,11,14H,2,4,6-10,12H2/t14-/m0/s1. The van der Waals surface area contributed by atoms with Gasteiger partial charge in [-0.2, -0.15) is 0 Å². The lowest BCUT2D eigenvalue weighted by Crippen LogP contribution is -2.50. The normalized spacial score (nSPS) is 24.0. The monoisotopic (exact) mass is 275 g/mol. The highest BCUT2D eigenvalue weighted by atomic mass is 16.5. The number of pyridine rings is 1. The Balaban J connectivity index is 1.49. The van der Waals surface area contributed by atoms with Crippen molar-refractivity contribution in [2.45, 2.75) is 18.9 Å². The first-order valence-corrected chi connectivity index (χ1v) is 7.36. The van der Waals surface area contributed by atoms with E-state index in [0.717, 1.165) is 39.3 Å². The Labute approximate surface area is 119 Å². The molecule has 3 heterocycles. The van der Waals surface area contributed by atoms with Gasteiger partial charge < -0.3 is 9.64 Å². The molecule has 0 spiro atoms. The number of rotatable bonds is 3. The molecule has 0 bridgehead atoms. The lowest BCUT2D eigenvalue weighted by molar-refractivity contribution is 0.0432. The zero-order chi connectivity index (χ0) is 13.8. The van der Waals surface area contributed by atoms with Crippen LogP contribution in [-0.2, 0) is 4.74 Å². The van der Waals surface area contributed by atoms with Gasteiger partial charge in [0.2, 0.25) is 0 Å². The molecule has 0 radical (unpaired) electrons. The molecule has 0 unspecified atom stereocenters. The highest BCUT2D eigenvalue weighted by molar-refractivity contribution is 5.93. The Kier molecular flexibility index (Phi) is 4.28. The van der Waals surface area contributed by atoms with Crippen molar-refractivity contribution in [3.8, 4) is 0 Å². The molecule has 2 aliphatic rings. The van der Waals surface area contributed by atoms with E-state index in [1.54, 1.807) is 18.5 Å². The Hall–Kier alpha value is -1.46. The molecule has 20 heavy (non-hydrogen) atoms. The summed E-state index contributed by atoms with van der Waals surface area (Å²) in [6.07, 6.45) is 6.09. The molecule has 108 valence electrons. The number of hydrogen-bond acceptors (Lipinski definition) is 4. The minimum absolute atomic E-state index is 0.0925. The maximum Gasteiger partial charge on any atom is 0.255 e. The first kappa shape index (κ1) is 13.5. The van der Waals surface area contributed by atoms with Crippen molar-refractivity contribution in [1.29, 1.82) is 0 Å². The zero-order valence-corrected chi connectivity index (χ0v) is 11.7. The summed E-state index contributed by atoms with van der Waals surface area (Å²) in [7, 11) is 0. The van der Waals surface area contributed by atoms with E-state index in [0.29, 0.717) is 11.7 Å². The van der Waals surface area contributed by atoms with Gasteiger partial charge in [-0.05, 0) is 25.0 Å². The van der Waals surface area contributed by atoms with Gasteiger partial charge >= 0.3 is 0 Å². The highest BCUT2D eigenvalue weighted by Gasteiger charge is 2.25. The first-order valence-electron chi connectivity index (χ1n) is 7.36. The predicted molar refractivity (Wildman–Crippen MR) is 75.6 cm³/mol. The summed E-state index contributed by atoms with van der Waals surface area (Å²) in [4.78, 5) is 20.6. The second-order valence-corrected chi connectivity index (χ2v) is 5.47. The number of hydrogen-bond donors (Lipinski definition) is 0. The molecule has 1 aromatic rings. The molecule has 1 atom stereocenters. The summed E-state index contributed by atoms with van der Waals surface area (Å²) < 4.78 is 5.67. The van der Waals surface area contributed by atoms with E-state index in [1.807, 2.05) is 11.0 Å². The van der Waals surface area contributed by atoms with E-state index in [9.17, 15) is 4.79 Å². The van der Waals surface area contributed by atoms with Gasteiger partial charge in [-0.15, -0.1) is 0 Å². The van der Waals surface area contributed by atoms with Gasteiger partial charge in [0.1, 0.15) is 0 Å². The van der Waals surface area contributed by atoms with Gasteiger partial charge in [-0.1, -0.05) is 0 Å². The Bertz CT molecular complexity index is 438. The number of ether oxygens (including phenoxy) is 1. The Morgan fingerprint density at radius 1 is 1.35 bits per heavy atom. The zero-order valence-electron chi connectivity index (χ0n) is 11.7. The lowest BCUT2D eigenvalue weighted by Gasteiger charge is -2.35. The number of carbonyl (C=O) groups excluding carboxylic acids is 1. The summed E-state index contributed by atoms with van der Waals surface area (Å²) in [5.74, 6) is 0.0925. The SMILES string of the molecule is O=C(c1cccnc1)N1CCN(C[C@@H]2CCCO2)CC1. The molecule has 0 saturated carbocycles. The van der Waals surface area contributed by atoms with Crippen molar-refractivity contribution in [2.75, 3.05) is 39.3 Å². The van der Waals surface area contributed by atoms with Crippen molar-refractivity contribution in [1.82, 2.24) is 14.8 Å². The molecule has 5 heteroatoms. The van der Waals surface area contributed by atoms with Gasteiger partial charge in [-0.3, -0.25) is 14.7 Å². The van der Waals surface area contributed by atoms with Crippen LogP contribution in [0.25, 0.3) is 0 Å². The molecule has 2 fully saturated rings. The van der Waals surface area contributed by atoms with Crippen molar-refractivity contribution in [2.24, 2.45) is 0 Å². The largest absolute Gasteiger partial charge is 0.377 e. The molecule has 1 aromatic heterocycles. The molecule has 5 nitrogen and oxygen atoms in total. The molecule has 1 amide bonds. The van der Waals surface area contributed by atoms with E-state index < -0.39 is 0 Å². The van der Waals surface area contributed by atoms with Crippen LogP contribution in [0.3, 0.4) is 0 Å². The third-order valence-electron chi connectivity index (χ3n) is 4.05. The molecular weight excluding hydrogens is 254 g/mol. The minimum atomic E-state index is 0.0925. The van der Waals surface area contributed by atoms with Crippen molar-refractivity contribution >= 4 is 5.91 Å². The Morgan fingerprint density at radius 2 is 2.20 bits per heavy atom. The quantitative estimate of drug-likeness (QED) is 0.826. The van der Waals surface area contributed by atoms with Crippen LogP contribution in [0.4, 0.5) is 0 Å². The summed E-state index contributed by atoms with van der Waals surface area (Å²) in [5, 5.41) is 0. The summed E-state index contributed by atoms with van der Waals surface area (Å²) >= 11 is 0. The van der Waals surface area contributed by atoms with Gasteiger partial charge in [-0.25, -0.2) is 0 Å². The topological polar surface area (TPSA) is 45.7 Å². The van der Waals surface area contributed by atoms with Crippen LogP contribution in [0.1, 0.15) is 23.2 Å². The van der Waals surface area contributed by atoms with Crippen molar-refractivity contribution < 1.29 is 9.53 Å². The van der Waals surface area contributed by atoms with Crippen LogP contribution >= 0.6 is 0 Å². The van der Waals surface area contributed by atoms with Gasteiger partial charge in [0.25, 0.3) is 5.91 Å². The molecule has 0 aliphatic carbocycles. The highest BCUT2D eigenvalue weighted by Crippen LogP contribution is 2.15. The van der Waals surface area contributed by atoms with Gasteiger partial charge in [0.05, 0.1) is 11.7 Å². The van der Waals surface area contributed by atoms with Gasteiger partial charge in [0.15, 0.2) is 0 Å². The van der Waals surface area contributed by atoms with E-state index >= 15 is 0 Å². The van der Waals surface area contributed by atoms with Crippen molar-refractivity contribution in [3.05, 3.63) is 30.1 Å². The molecule has 2 saturated heterocycles. The van der Waals surface area contributed by atoms with Crippen LogP contribution in [0.2, 0.25) is 0 Å². The third-order valence-corrected chi connectivity index (χ3v) is 4.05. The summed E-state index contributed by atoms with van der Waals surface area (Å²) in [6, 6.07) is 3.63. The second kappa shape index (κ2) is 6.33. The fourth-order valence-electron chi connectivity index (χ4n) is 2.88. The van der Waals surface area contributed by atoms with E-state index in [1.165, 1.54) is 12.8 Å². The van der Waals surface area contributed by atoms with E-state index in [-0.39, 0.29) is 5.91 Å². The second-order valence-electron chi connectivity index (χ2n) is 5.47. The maximum absolute atomic E-state index is 12.3. The average molecular weight is 275 g/mol. The van der Waals surface area contributed by atoms with Crippen LogP contribution < -0.4 is 0 Å². The van der Waals surface area contributed by atoms with Crippen LogP contribution in [-0.4, -0.2) is 66.1 Å². The first-order chi connectivity index (χ1) is 9.83. The molecule has 2 aliphatic heterocycles. The molecular formula is C15H21N3O2. The van der Waals surface area contributed by atoms with E-state index in [2.05, 4.69) is 9.88 Å². The number of nitrogens with zero attached hydrogens (tertiary/aromatic N) is 3.